The van der Waals surface area contributed by atoms with Gasteiger partial charge in [-0.3, -0.25) is 14.9 Å². The first kappa shape index (κ1) is 13.7. The van der Waals surface area contributed by atoms with Gasteiger partial charge in [0.2, 0.25) is 5.82 Å². The van der Waals surface area contributed by atoms with Gasteiger partial charge in [0.25, 0.3) is 5.91 Å². The minimum atomic E-state index is -0.186. The lowest BCUT2D eigenvalue weighted by Crippen LogP contribution is -2.37. The molecule has 7 nitrogen and oxygen atoms in total. The van der Waals surface area contributed by atoms with Gasteiger partial charge in [-0.25, -0.2) is 4.98 Å². The molecule has 1 aliphatic heterocycles. The fraction of sp³-hybridized carbons (Fsp3) is 0.429. The molecule has 110 valence electrons. The Balaban J connectivity index is 1.75. The van der Waals surface area contributed by atoms with Gasteiger partial charge in [-0.05, 0) is 25.0 Å². The van der Waals surface area contributed by atoms with Crippen LogP contribution >= 0.6 is 0 Å². The van der Waals surface area contributed by atoms with Crippen LogP contribution in [0.15, 0.2) is 30.7 Å². The van der Waals surface area contributed by atoms with E-state index in [9.17, 15) is 4.79 Å². The van der Waals surface area contributed by atoms with Crippen LogP contribution in [0.5, 0.6) is 0 Å². The van der Waals surface area contributed by atoms with Crippen LogP contribution in [0.4, 0.5) is 0 Å². The molecule has 1 atom stereocenters. The van der Waals surface area contributed by atoms with E-state index in [4.69, 9.17) is 4.74 Å². The standard InChI is InChI=1S/C14H17N5O2/c20-14(13-16-10-17-18-13)19(9-12-5-3-7-21-12)8-11-4-1-2-6-15-11/h1-2,4,6,10,12H,3,5,7-9H2,(H,16,17,18). The average molecular weight is 287 g/mol. The summed E-state index contributed by atoms with van der Waals surface area (Å²) in [6, 6.07) is 5.66. The predicted octanol–water partition coefficient (Wildman–Crippen LogP) is 1.02. The van der Waals surface area contributed by atoms with Crippen molar-refractivity contribution in [2.75, 3.05) is 13.2 Å². The van der Waals surface area contributed by atoms with E-state index in [-0.39, 0.29) is 17.8 Å². The molecule has 1 aliphatic rings. The Bertz CT molecular complexity index is 566. The highest BCUT2D eigenvalue weighted by Crippen LogP contribution is 2.15. The third-order valence-electron chi connectivity index (χ3n) is 3.43. The van der Waals surface area contributed by atoms with Crippen molar-refractivity contribution >= 4 is 5.91 Å². The number of aromatic amines is 1. The van der Waals surface area contributed by atoms with Crippen molar-refractivity contribution < 1.29 is 9.53 Å². The molecule has 0 radical (unpaired) electrons. The van der Waals surface area contributed by atoms with Crippen molar-refractivity contribution in [2.24, 2.45) is 0 Å². The zero-order valence-electron chi connectivity index (χ0n) is 11.6. The number of hydrogen-bond acceptors (Lipinski definition) is 5. The molecule has 0 spiro atoms. The minimum Gasteiger partial charge on any atom is -0.376 e. The summed E-state index contributed by atoms with van der Waals surface area (Å²) in [7, 11) is 0. The summed E-state index contributed by atoms with van der Waals surface area (Å²) in [5.74, 6) is 0.0533. The lowest BCUT2D eigenvalue weighted by atomic mass is 10.2. The van der Waals surface area contributed by atoms with Gasteiger partial charge >= 0.3 is 0 Å². The van der Waals surface area contributed by atoms with Crippen molar-refractivity contribution in [1.29, 1.82) is 0 Å². The lowest BCUT2D eigenvalue weighted by molar-refractivity contribution is 0.0495. The molecule has 3 heterocycles. The highest BCUT2D eigenvalue weighted by molar-refractivity contribution is 5.90. The average Bonchev–Trinajstić information content (AvgIpc) is 3.20. The highest BCUT2D eigenvalue weighted by Gasteiger charge is 2.25. The first-order chi connectivity index (χ1) is 10.3. The molecule has 1 unspecified atom stereocenters. The summed E-state index contributed by atoms with van der Waals surface area (Å²) in [5, 5.41) is 6.35. The van der Waals surface area contributed by atoms with Crippen LogP contribution in [0.3, 0.4) is 0 Å². The van der Waals surface area contributed by atoms with E-state index in [1.807, 2.05) is 18.2 Å². The number of ether oxygens (including phenoxy) is 1. The van der Waals surface area contributed by atoms with E-state index in [1.54, 1.807) is 11.1 Å². The number of rotatable bonds is 5. The summed E-state index contributed by atoms with van der Waals surface area (Å²) in [4.78, 5) is 22.4. The summed E-state index contributed by atoms with van der Waals surface area (Å²) in [5.41, 5.74) is 0.836. The molecule has 2 aromatic rings. The zero-order valence-corrected chi connectivity index (χ0v) is 11.6. The molecule has 0 bridgehead atoms. The number of aromatic nitrogens is 4. The Kier molecular flexibility index (Phi) is 4.20. The molecule has 1 fully saturated rings. The molecule has 2 aromatic heterocycles. The topological polar surface area (TPSA) is 84.0 Å². The summed E-state index contributed by atoms with van der Waals surface area (Å²) in [6.45, 7) is 1.73. The second-order valence-corrected chi connectivity index (χ2v) is 4.98. The number of carbonyl (C=O) groups is 1. The molecule has 0 aliphatic carbocycles. The van der Waals surface area contributed by atoms with Crippen LogP contribution in [0.1, 0.15) is 29.2 Å². The van der Waals surface area contributed by atoms with E-state index in [0.29, 0.717) is 13.1 Å². The van der Waals surface area contributed by atoms with Crippen molar-refractivity contribution in [3.8, 4) is 0 Å². The van der Waals surface area contributed by atoms with Crippen LogP contribution in [0.2, 0.25) is 0 Å². The second kappa shape index (κ2) is 6.45. The Hall–Kier alpha value is -2.28. The summed E-state index contributed by atoms with van der Waals surface area (Å²) < 4.78 is 5.63. The van der Waals surface area contributed by atoms with Gasteiger partial charge in [-0.15, -0.1) is 0 Å². The fourth-order valence-corrected chi connectivity index (χ4v) is 2.40. The zero-order chi connectivity index (χ0) is 14.5. The van der Waals surface area contributed by atoms with Crippen LogP contribution in [0.25, 0.3) is 0 Å². The van der Waals surface area contributed by atoms with Gasteiger partial charge < -0.3 is 9.64 Å². The largest absolute Gasteiger partial charge is 0.376 e. The van der Waals surface area contributed by atoms with Gasteiger partial charge in [-0.2, -0.15) is 5.10 Å². The van der Waals surface area contributed by atoms with Crippen molar-refractivity contribution in [3.05, 3.63) is 42.2 Å². The number of pyridine rings is 1. The van der Waals surface area contributed by atoms with Gasteiger partial charge in [-0.1, -0.05) is 6.07 Å². The maximum Gasteiger partial charge on any atom is 0.291 e. The molecule has 1 amide bonds. The number of carbonyl (C=O) groups excluding carboxylic acids is 1. The first-order valence-corrected chi connectivity index (χ1v) is 6.99. The van der Waals surface area contributed by atoms with Crippen LogP contribution in [0, 0.1) is 0 Å². The SMILES string of the molecule is O=C(c1ncn[nH]1)N(Cc1ccccn1)CC1CCCO1. The van der Waals surface area contributed by atoms with E-state index >= 15 is 0 Å². The molecule has 7 heteroatoms. The Morgan fingerprint density at radius 2 is 2.38 bits per heavy atom. The summed E-state index contributed by atoms with van der Waals surface area (Å²) >= 11 is 0. The quantitative estimate of drug-likeness (QED) is 0.887. The van der Waals surface area contributed by atoms with Crippen LogP contribution in [-0.4, -0.2) is 50.2 Å². The van der Waals surface area contributed by atoms with Crippen molar-refractivity contribution in [1.82, 2.24) is 25.1 Å². The first-order valence-electron chi connectivity index (χ1n) is 6.99. The molecule has 0 saturated carbocycles. The normalized spacial score (nSPS) is 17.8. The molecule has 1 N–H and O–H groups in total. The van der Waals surface area contributed by atoms with E-state index in [1.165, 1.54) is 6.33 Å². The van der Waals surface area contributed by atoms with Gasteiger partial charge in [0.05, 0.1) is 18.3 Å². The molecule has 21 heavy (non-hydrogen) atoms. The number of nitrogens with one attached hydrogen (secondary N) is 1. The van der Waals surface area contributed by atoms with Crippen molar-refractivity contribution in [2.45, 2.75) is 25.5 Å². The number of hydrogen-bond donors (Lipinski definition) is 1. The molecule has 1 saturated heterocycles. The Morgan fingerprint density at radius 1 is 1.43 bits per heavy atom. The summed E-state index contributed by atoms with van der Waals surface area (Å²) in [6.07, 6.45) is 5.15. The van der Waals surface area contributed by atoms with E-state index < -0.39 is 0 Å². The fourth-order valence-electron chi connectivity index (χ4n) is 2.40. The maximum atomic E-state index is 12.5. The molecular formula is C14H17N5O2. The van der Waals surface area contributed by atoms with Crippen LogP contribution in [-0.2, 0) is 11.3 Å². The Labute approximate surface area is 122 Å². The van der Waals surface area contributed by atoms with Gasteiger partial charge in [0.1, 0.15) is 6.33 Å². The van der Waals surface area contributed by atoms with Gasteiger partial charge in [0, 0.05) is 19.3 Å². The van der Waals surface area contributed by atoms with Crippen LogP contribution < -0.4 is 0 Å². The highest BCUT2D eigenvalue weighted by atomic mass is 16.5. The molecule has 3 rings (SSSR count). The minimum absolute atomic E-state index is 0.0839. The lowest BCUT2D eigenvalue weighted by Gasteiger charge is -2.24. The van der Waals surface area contributed by atoms with E-state index in [2.05, 4.69) is 20.2 Å². The number of H-pyrrole nitrogens is 1. The maximum absolute atomic E-state index is 12.5. The molecular weight excluding hydrogens is 270 g/mol. The smallest absolute Gasteiger partial charge is 0.291 e. The third-order valence-corrected chi connectivity index (χ3v) is 3.43. The predicted molar refractivity (Wildman–Crippen MR) is 74.3 cm³/mol. The second-order valence-electron chi connectivity index (χ2n) is 4.98. The number of amides is 1. The monoisotopic (exact) mass is 287 g/mol. The van der Waals surface area contributed by atoms with Gasteiger partial charge in [0.15, 0.2) is 0 Å². The molecule has 0 aromatic carbocycles. The van der Waals surface area contributed by atoms with Crippen molar-refractivity contribution in [3.63, 3.8) is 0 Å². The Morgan fingerprint density at radius 3 is 3.05 bits per heavy atom. The third kappa shape index (κ3) is 3.43. The van der Waals surface area contributed by atoms with E-state index in [0.717, 1.165) is 25.1 Å². The number of nitrogens with zero attached hydrogens (tertiary/aromatic N) is 4.